The van der Waals surface area contributed by atoms with Gasteiger partial charge in [0.25, 0.3) is 0 Å². The maximum atomic E-state index is 11.6. The van der Waals surface area contributed by atoms with Gasteiger partial charge in [0.15, 0.2) is 0 Å². The molecule has 0 aliphatic heterocycles. The van der Waals surface area contributed by atoms with Crippen LogP contribution in [0.3, 0.4) is 0 Å². The standard InChI is InChI=1S/C16H16O4/c1-3-19-16(17)12-5-4-6-15(11-12)20-14-9-7-13(18-2)8-10-14/h4-11H,3H2,1-2H3. The lowest BCUT2D eigenvalue weighted by molar-refractivity contribution is 0.0526. The first-order chi connectivity index (χ1) is 9.72. The number of carbonyl (C=O) groups excluding carboxylic acids is 1. The van der Waals surface area contributed by atoms with Crippen molar-refractivity contribution < 1.29 is 19.0 Å². The topological polar surface area (TPSA) is 44.8 Å². The van der Waals surface area contributed by atoms with Gasteiger partial charge in [-0.05, 0) is 49.4 Å². The van der Waals surface area contributed by atoms with Crippen molar-refractivity contribution in [2.75, 3.05) is 13.7 Å². The Kier molecular flexibility index (Phi) is 4.60. The lowest BCUT2D eigenvalue weighted by Crippen LogP contribution is -2.04. The highest BCUT2D eigenvalue weighted by Gasteiger charge is 2.07. The zero-order valence-electron chi connectivity index (χ0n) is 11.5. The quantitative estimate of drug-likeness (QED) is 0.779. The van der Waals surface area contributed by atoms with Crippen LogP contribution in [0.15, 0.2) is 48.5 Å². The van der Waals surface area contributed by atoms with Crippen molar-refractivity contribution in [1.29, 1.82) is 0 Å². The predicted molar refractivity (Wildman–Crippen MR) is 75.5 cm³/mol. The van der Waals surface area contributed by atoms with Crippen LogP contribution in [0.4, 0.5) is 0 Å². The van der Waals surface area contributed by atoms with E-state index in [0.29, 0.717) is 23.7 Å². The van der Waals surface area contributed by atoms with Gasteiger partial charge in [0, 0.05) is 0 Å². The highest BCUT2D eigenvalue weighted by Crippen LogP contribution is 2.24. The minimum absolute atomic E-state index is 0.350. The second-order valence-corrected chi connectivity index (χ2v) is 4.03. The molecule has 0 radical (unpaired) electrons. The Morgan fingerprint density at radius 2 is 1.70 bits per heavy atom. The van der Waals surface area contributed by atoms with E-state index in [0.717, 1.165) is 5.75 Å². The lowest BCUT2D eigenvalue weighted by Gasteiger charge is -2.08. The van der Waals surface area contributed by atoms with E-state index in [2.05, 4.69) is 0 Å². The Morgan fingerprint density at radius 1 is 1.00 bits per heavy atom. The summed E-state index contributed by atoms with van der Waals surface area (Å²) in [6.07, 6.45) is 0. The molecule has 104 valence electrons. The summed E-state index contributed by atoms with van der Waals surface area (Å²) in [7, 11) is 1.61. The van der Waals surface area contributed by atoms with Gasteiger partial charge in [-0.2, -0.15) is 0 Å². The molecule has 2 aromatic carbocycles. The molecule has 0 N–H and O–H groups in total. The molecule has 0 amide bonds. The van der Waals surface area contributed by atoms with Crippen molar-refractivity contribution in [1.82, 2.24) is 0 Å². The van der Waals surface area contributed by atoms with Crippen LogP contribution in [0, 0.1) is 0 Å². The molecule has 4 nitrogen and oxygen atoms in total. The Morgan fingerprint density at radius 3 is 2.35 bits per heavy atom. The SMILES string of the molecule is CCOC(=O)c1cccc(Oc2ccc(OC)cc2)c1. The van der Waals surface area contributed by atoms with E-state index >= 15 is 0 Å². The fourth-order valence-corrected chi connectivity index (χ4v) is 1.68. The lowest BCUT2D eigenvalue weighted by atomic mass is 10.2. The third kappa shape index (κ3) is 3.51. The van der Waals surface area contributed by atoms with Crippen LogP contribution in [-0.2, 0) is 4.74 Å². The molecule has 0 saturated heterocycles. The van der Waals surface area contributed by atoms with E-state index in [1.54, 1.807) is 50.4 Å². The first kappa shape index (κ1) is 13.9. The molecule has 0 heterocycles. The van der Waals surface area contributed by atoms with Crippen molar-refractivity contribution in [2.45, 2.75) is 6.92 Å². The average Bonchev–Trinajstić information content (AvgIpc) is 2.48. The fourth-order valence-electron chi connectivity index (χ4n) is 1.68. The smallest absolute Gasteiger partial charge is 0.338 e. The summed E-state index contributed by atoms with van der Waals surface area (Å²) in [4.78, 5) is 11.6. The van der Waals surface area contributed by atoms with E-state index in [-0.39, 0.29) is 5.97 Å². The Bertz CT molecular complexity index is 575. The number of benzene rings is 2. The summed E-state index contributed by atoms with van der Waals surface area (Å²) < 4.78 is 15.7. The minimum atomic E-state index is -0.354. The van der Waals surface area contributed by atoms with Gasteiger partial charge in [-0.3, -0.25) is 0 Å². The number of hydrogen-bond acceptors (Lipinski definition) is 4. The maximum Gasteiger partial charge on any atom is 0.338 e. The van der Waals surface area contributed by atoms with Crippen molar-refractivity contribution in [3.8, 4) is 17.2 Å². The third-order valence-electron chi connectivity index (χ3n) is 2.64. The highest BCUT2D eigenvalue weighted by atomic mass is 16.5. The summed E-state index contributed by atoms with van der Waals surface area (Å²) in [6, 6.07) is 14.1. The van der Waals surface area contributed by atoms with Gasteiger partial charge < -0.3 is 14.2 Å². The van der Waals surface area contributed by atoms with Crippen LogP contribution in [0.1, 0.15) is 17.3 Å². The summed E-state index contributed by atoms with van der Waals surface area (Å²) >= 11 is 0. The zero-order valence-corrected chi connectivity index (χ0v) is 11.5. The Balaban J connectivity index is 2.12. The van der Waals surface area contributed by atoms with Gasteiger partial charge in [-0.1, -0.05) is 6.07 Å². The van der Waals surface area contributed by atoms with Crippen LogP contribution < -0.4 is 9.47 Å². The van der Waals surface area contributed by atoms with Gasteiger partial charge in [0.1, 0.15) is 17.2 Å². The van der Waals surface area contributed by atoms with Gasteiger partial charge in [0.05, 0.1) is 19.3 Å². The summed E-state index contributed by atoms with van der Waals surface area (Å²) in [5.74, 6) is 1.66. The molecule has 0 aliphatic rings. The molecule has 0 spiro atoms. The molecule has 0 bridgehead atoms. The number of rotatable bonds is 5. The monoisotopic (exact) mass is 272 g/mol. The molecular formula is C16H16O4. The minimum Gasteiger partial charge on any atom is -0.497 e. The van der Waals surface area contributed by atoms with Crippen molar-refractivity contribution in [2.24, 2.45) is 0 Å². The van der Waals surface area contributed by atoms with Crippen molar-refractivity contribution in [3.05, 3.63) is 54.1 Å². The van der Waals surface area contributed by atoms with Gasteiger partial charge in [-0.25, -0.2) is 4.79 Å². The molecule has 0 unspecified atom stereocenters. The van der Waals surface area contributed by atoms with E-state index in [9.17, 15) is 4.79 Å². The third-order valence-corrected chi connectivity index (χ3v) is 2.64. The number of hydrogen-bond donors (Lipinski definition) is 0. The maximum absolute atomic E-state index is 11.6. The van der Waals surface area contributed by atoms with Crippen LogP contribution in [0.25, 0.3) is 0 Å². The van der Waals surface area contributed by atoms with Crippen LogP contribution in [-0.4, -0.2) is 19.7 Å². The molecule has 0 atom stereocenters. The zero-order chi connectivity index (χ0) is 14.4. The first-order valence-corrected chi connectivity index (χ1v) is 6.32. The van der Waals surface area contributed by atoms with E-state index < -0.39 is 0 Å². The molecule has 4 heteroatoms. The Hall–Kier alpha value is -2.49. The molecule has 20 heavy (non-hydrogen) atoms. The molecule has 0 aromatic heterocycles. The van der Waals surface area contributed by atoms with Crippen molar-refractivity contribution in [3.63, 3.8) is 0 Å². The van der Waals surface area contributed by atoms with E-state index in [1.165, 1.54) is 0 Å². The second-order valence-electron chi connectivity index (χ2n) is 4.03. The normalized spacial score (nSPS) is 9.90. The van der Waals surface area contributed by atoms with E-state index in [1.807, 2.05) is 12.1 Å². The first-order valence-electron chi connectivity index (χ1n) is 6.32. The molecule has 2 rings (SSSR count). The second kappa shape index (κ2) is 6.61. The van der Waals surface area contributed by atoms with Crippen LogP contribution >= 0.6 is 0 Å². The summed E-state index contributed by atoms with van der Waals surface area (Å²) in [5, 5.41) is 0. The number of esters is 1. The Labute approximate surface area is 117 Å². The van der Waals surface area contributed by atoms with Gasteiger partial charge in [-0.15, -0.1) is 0 Å². The molecule has 0 saturated carbocycles. The van der Waals surface area contributed by atoms with Crippen LogP contribution in [0.5, 0.6) is 17.2 Å². The summed E-state index contributed by atoms with van der Waals surface area (Å²) in [6.45, 7) is 2.12. The molecule has 2 aromatic rings. The number of methoxy groups -OCH3 is 1. The van der Waals surface area contributed by atoms with Gasteiger partial charge >= 0.3 is 5.97 Å². The van der Waals surface area contributed by atoms with Gasteiger partial charge in [0.2, 0.25) is 0 Å². The van der Waals surface area contributed by atoms with Crippen LogP contribution in [0.2, 0.25) is 0 Å². The fraction of sp³-hybridized carbons (Fsp3) is 0.188. The number of ether oxygens (including phenoxy) is 3. The van der Waals surface area contributed by atoms with Crippen molar-refractivity contribution >= 4 is 5.97 Å². The molecule has 0 aliphatic carbocycles. The molecule has 0 fully saturated rings. The summed E-state index contributed by atoms with van der Waals surface area (Å²) in [5.41, 5.74) is 0.470. The highest BCUT2D eigenvalue weighted by molar-refractivity contribution is 5.89. The molecular weight excluding hydrogens is 256 g/mol. The average molecular weight is 272 g/mol. The number of carbonyl (C=O) groups is 1. The predicted octanol–water partition coefficient (Wildman–Crippen LogP) is 3.66. The largest absolute Gasteiger partial charge is 0.497 e. The van der Waals surface area contributed by atoms with E-state index in [4.69, 9.17) is 14.2 Å².